The molecule has 0 unspecified atom stereocenters. The zero-order chi connectivity index (χ0) is 15.5. The van der Waals surface area contributed by atoms with E-state index in [2.05, 4.69) is 24.4 Å². The van der Waals surface area contributed by atoms with Crippen molar-refractivity contribution < 1.29 is 0 Å². The second-order valence-electron chi connectivity index (χ2n) is 3.78. The van der Waals surface area contributed by atoms with Gasteiger partial charge in [-0.2, -0.15) is 0 Å². The fourth-order valence-electron chi connectivity index (χ4n) is 1.61. The Morgan fingerprint density at radius 2 is 1.55 bits per heavy atom. The highest BCUT2D eigenvalue weighted by atomic mass is 16.2. The van der Waals surface area contributed by atoms with Crippen molar-refractivity contribution in [2.45, 2.75) is 47.6 Å². The van der Waals surface area contributed by atoms with E-state index in [1.165, 1.54) is 11.6 Å². The molecule has 3 heteroatoms. The third-order valence-corrected chi connectivity index (χ3v) is 2.63. The number of aryl methyl sites for hydroxylation is 1. The van der Waals surface area contributed by atoms with Crippen LogP contribution in [0.2, 0.25) is 0 Å². The van der Waals surface area contributed by atoms with Crippen molar-refractivity contribution in [3.63, 3.8) is 0 Å². The molecule has 0 fully saturated rings. The lowest BCUT2D eigenvalue weighted by molar-refractivity contribution is 1.08. The number of nitrogens with one attached hydrogen (secondary N) is 1. The normalized spacial score (nSPS) is 9.05. The summed E-state index contributed by atoms with van der Waals surface area (Å²) in [5.41, 5.74) is 1.99. The molecule has 0 aliphatic carbocycles. The van der Waals surface area contributed by atoms with Crippen molar-refractivity contribution in [3.8, 4) is 0 Å². The molecular weight excluding hydrogens is 250 g/mol. The molecule has 0 aliphatic heterocycles. The molecule has 110 valence electrons. The maximum Gasteiger partial charge on any atom is 0.248 e. The first-order valence-electron chi connectivity index (χ1n) is 7.32. The van der Waals surface area contributed by atoms with Crippen LogP contribution in [0.5, 0.6) is 0 Å². The molecule has 20 heavy (non-hydrogen) atoms. The van der Waals surface area contributed by atoms with Crippen LogP contribution in [0.1, 0.15) is 45.7 Å². The fraction of sp³-hybridized carbons (Fsp3) is 0.412. The van der Waals surface area contributed by atoms with E-state index in [0.717, 1.165) is 12.0 Å². The van der Waals surface area contributed by atoms with Crippen molar-refractivity contribution in [1.29, 1.82) is 0 Å². The monoisotopic (exact) mass is 275 g/mol. The first-order valence-corrected chi connectivity index (χ1v) is 7.32. The smallest absolute Gasteiger partial charge is 0.248 e. The van der Waals surface area contributed by atoms with Gasteiger partial charge in [0.15, 0.2) is 0 Å². The Labute approximate surface area is 121 Å². The molecule has 2 aromatic carbocycles. The molecule has 0 saturated carbocycles. The first-order chi connectivity index (χ1) is 9.70. The third-order valence-electron chi connectivity index (χ3n) is 2.63. The van der Waals surface area contributed by atoms with Crippen LogP contribution in [-0.2, 0) is 13.0 Å². The molecule has 1 N–H and O–H groups in total. The van der Waals surface area contributed by atoms with Crippen molar-refractivity contribution in [2.24, 2.45) is 0 Å². The van der Waals surface area contributed by atoms with Gasteiger partial charge in [-0.05, 0) is 17.5 Å². The van der Waals surface area contributed by atoms with Gasteiger partial charge in [0.25, 0.3) is 0 Å². The molecule has 0 aromatic heterocycles. The topological polar surface area (TPSA) is 46.2 Å². The van der Waals surface area contributed by atoms with Gasteiger partial charge < -0.3 is 5.32 Å². The molecule has 0 saturated heterocycles. The summed E-state index contributed by atoms with van der Waals surface area (Å²) in [7, 11) is 0. The molecule has 0 radical (unpaired) electrons. The Kier molecular flexibility index (Phi) is 9.01. The van der Waals surface area contributed by atoms with E-state index < -0.39 is 10.9 Å². The summed E-state index contributed by atoms with van der Waals surface area (Å²) in [6, 6.07) is 9.50. The molecule has 3 nitrogen and oxygen atoms in total. The van der Waals surface area contributed by atoms with E-state index in [0.29, 0.717) is 12.2 Å². The number of anilines is 1. The van der Waals surface area contributed by atoms with Gasteiger partial charge in [-0.15, -0.1) is 0 Å². The average Bonchev–Trinajstić information content (AvgIpc) is 2.55. The molecular formula is C17H25NO2. The summed E-state index contributed by atoms with van der Waals surface area (Å²) in [5.74, 6) is 0. The van der Waals surface area contributed by atoms with Crippen LogP contribution in [-0.4, -0.2) is 0 Å². The maximum absolute atomic E-state index is 11.0. The SMILES string of the molecule is CC.CC.CCc1cccc(CNc2cc(=O)c2=O)c1. The molecule has 0 spiro atoms. The largest absolute Gasteiger partial charge is 0.378 e. The summed E-state index contributed by atoms with van der Waals surface area (Å²) < 4.78 is 0. The summed E-state index contributed by atoms with van der Waals surface area (Å²) in [6.45, 7) is 10.7. The second-order valence-corrected chi connectivity index (χ2v) is 3.78. The van der Waals surface area contributed by atoms with Gasteiger partial charge in [0.2, 0.25) is 10.9 Å². The second kappa shape index (κ2) is 9.96. The third kappa shape index (κ3) is 5.00. The van der Waals surface area contributed by atoms with Crippen molar-refractivity contribution in [2.75, 3.05) is 5.32 Å². The quantitative estimate of drug-likeness (QED) is 0.869. The van der Waals surface area contributed by atoms with E-state index >= 15 is 0 Å². The van der Waals surface area contributed by atoms with Crippen LogP contribution >= 0.6 is 0 Å². The minimum Gasteiger partial charge on any atom is -0.378 e. The summed E-state index contributed by atoms with van der Waals surface area (Å²) in [4.78, 5) is 21.7. The first kappa shape index (κ1) is 18.1. The number of rotatable bonds is 4. The van der Waals surface area contributed by atoms with Gasteiger partial charge in [0.1, 0.15) is 0 Å². The molecule has 2 aromatic rings. The average molecular weight is 275 g/mol. The van der Waals surface area contributed by atoms with Crippen molar-refractivity contribution >= 4 is 5.69 Å². The Morgan fingerprint density at radius 1 is 0.950 bits per heavy atom. The molecule has 2 rings (SSSR count). The Hall–Kier alpha value is -1.90. The van der Waals surface area contributed by atoms with Crippen LogP contribution < -0.4 is 16.2 Å². The van der Waals surface area contributed by atoms with E-state index in [1.54, 1.807) is 0 Å². The van der Waals surface area contributed by atoms with Gasteiger partial charge in [-0.25, -0.2) is 0 Å². The van der Waals surface area contributed by atoms with E-state index in [4.69, 9.17) is 0 Å². The van der Waals surface area contributed by atoms with Gasteiger partial charge in [0.05, 0.1) is 5.69 Å². The maximum atomic E-state index is 11.0. The lowest BCUT2D eigenvalue weighted by atomic mass is 10.1. The summed E-state index contributed by atoms with van der Waals surface area (Å²) in [5, 5.41) is 2.96. The summed E-state index contributed by atoms with van der Waals surface area (Å²) in [6.07, 6.45) is 0.994. The lowest BCUT2D eigenvalue weighted by Gasteiger charge is -2.07. The van der Waals surface area contributed by atoms with Crippen molar-refractivity contribution in [1.82, 2.24) is 0 Å². The molecule has 0 bridgehead atoms. The van der Waals surface area contributed by atoms with E-state index in [1.807, 2.05) is 39.8 Å². The van der Waals surface area contributed by atoms with Gasteiger partial charge in [-0.1, -0.05) is 58.9 Å². The molecule has 0 heterocycles. The Morgan fingerprint density at radius 3 is 2.05 bits per heavy atom. The minimum absolute atomic E-state index is 0.411. The van der Waals surface area contributed by atoms with E-state index in [-0.39, 0.29) is 0 Å². The van der Waals surface area contributed by atoms with Crippen LogP contribution in [0.25, 0.3) is 0 Å². The number of benzene rings is 1. The Balaban J connectivity index is 0.000000829. The standard InChI is InChI=1S/C13H13NO2.2C2H6/c1-2-9-4-3-5-10(6-9)8-14-11-7-12(15)13(11)16;2*1-2/h3-7,14H,2,8H2,1H3;2*1-2H3. The number of hydrogen-bond acceptors (Lipinski definition) is 3. The van der Waals surface area contributed by atoms with Crippen LogP contribution in [0.3, 0.4) is 0 Å². The zero-order valence-corrected chi connectivity index (χ0v) is 13.1. The molecule has 0 amide bonds. The molecule has 0 aliphatic rings. The Bertz CT molecular complexity index is 566. The fourth-order valence-corrected chi connectivity index (χ4v) is 1.61. The minimum atomic E-state index is -0.412. The molecule has 0 atom stereocenters. The van der Waals surface area contributed by atoms with E-state index in [9.17, 15) is 9.59 Å². The van der Waals surface area contributed by atoms with Crippen LogP contribution in [0, 0.1) is 0 Å². The van der Waals surface area contributed by atoms with Gasteiger partial charge in [-0.3, -0.25) is 9.59 Å². The number of hydrogen-bond donors (Lipinski definition) is 1. The predicted molar refractivity (Wildman–Crippen MR) is 87.2 cm³/mol. The predicted octanol–water partition coefficient (Wildman–Crippen LogP) is 3.51. The lowest BCUT2D eigenvalue weighted by Crippen LogP contribution is -2.32. The van der Waals surface area contributed by atoms with Crippen molar-refractivity contribution in [3.05, 3.63) is 61.9 Å². The highest BCUT2D eigenvalue weighted by molar-refractivity contribution is 5.47. The van der Waals surface area contributed by atoms with Crippen LogP contribution in [0.4, 0.5) is 5.69 Å². The van der Waals surface area contributed by atoms with Gasteiger partial charge in [0, 0.05) is 12.6 Å². The van der Waals surface area contributed by atoms with Crippen LogP contribution in [0.15, 0.2) is 39.9 Å². The summed E-state index contributed by atoms with van der Waals surface area (Å²) >= 11 is 0. The van der Waals surface area contributed by atoms with Gasteiger partial charge >= 0.3 is 0 Å². The highest BCUT2D eigenvalue weighted by Crippen LogP contribution is 2.07. The highest BCUT2D eigenvalue weighted by Gasteiger charge is 2.07. The zero-order valence-electron chi connectivity index (χ0n) is 13.1.